The topological polar surface area (TPSA) is 67.0 Å². The summed E-state index contributed by atoms with van der Waals surface area (Å²) in [7, 11) is 4.02. The molecule has 0 radical (unpaired) electrons. The highest BCUT2D eigenvalue weighted by Crippen LogP contribution is 2.10. The van der Waals surface area contributed by atoms with Gasteiger partial charge in [-0.3, -0.25) is 0 Å². The van der Waals surface area contributed by atoms with Crippen molar-refractivity contribution in [1.29, 1.82) is 0 Å². The molecular weight excluding hydrogens is 393 g/mol. The Morgan fingerprint density at radius 1 is 1.32 bits per heavy atom. The Kier molecular flexibility index (Phi) is 10.9. The van der Waals surface area contributed by atoms with Gasteiger partial charge in [0, 0.05) is 31.9 Å². The van der Waals surface area contributed by atoms with Gasteiger partial charge in [0.05, 0.1) is 6.54 Å². The molecule has 1 heterocycles. The van der Waals surface area contributed by atoms with Crippen LogP contribution in [-0.4, -0.2) is 61.1 Å². The molecule has 0 saturated carbocycles. The van der Waals surface area contributed by atoms with E-state index in [0.29, 0.717) is 25.0 Å². The molecule has 0 atom stereocenters. The molecule has 0 aliphatic carbocycles. The van der Waals surface area contributed by atoms with Crippen LogP contribution in [0.25, 0.3) is 0 Å². The molecule has 0 unspecified atom stereocenters. The van der Waals surface area contributed by atoms with Gasteiger partial charge in [-0.2, -0.15) is 0 Å². The number of pyridine rings is 1. The number of ether oxygens (including phenoxy) is 1. The normalized spacial score (nSPS) is 11.2. The molecule has 7 heteroatoms. The average molecular weight is 421 g/mol. The van der Waals surface area contributed by atoms with E-state index in [1.54, 1.807) is 6.20 Å². The van der Waals surface area contributed by atoms with Crippen LogP contribution < -0.4 is 10.5 Å². The van der Waals surface area contributed by atoms with Gasteiger partial charge < -0.3 is 20.3 Å². The Bertz CT molecular complexity index is 449. The Morgan fingerprint density at radius 2 is 2.00 bits per heavy atom. The largest absolute Gasteiger partial charge is 0.476 e. The summed E-state index contributed by atoms with van der Waals surface area (Å²) in [5, 5.41) is 0. The van der Waals surface area contributed by atoms with Crippen LogP contribution in [0.3, 0.4) is 0 Å². The molecule has 0 spiro atoms. The van der Waals surface area contributed by atoms with Gasteiger partial charge >= 0.3 is 0 Å². The van der Waals surface area contributed by atoms with Gasteiger partial charge in [-0.05, 0) is 39.6 Å². The number of nitrogens with zero attached hydrogens (tertiary/aromatic N) is 4. The summed E-state index contributed by atoms with van der Waals surface area (Å²) in [5.74, 6) is 1.21. The summed E-state index contributed by atoms with van der Waals surface area (Å²) >= 11 is 0. The van der Waals surface area contributed by atoms with E-state index < -0.39 is 0 Å². The number of aromatic nitrogens is 1. The zero-order valence-electron chi connectivity index (χ0n) is 14.0. The van der Waals surface area contributed by atoms with Gasteiger partial charge in [0.25, 0.3) is 0 Å². The highest BCUT2D eigenvalue weighted by molar-refractivity contribution is 14.0. The fourth-order valence-electron chi connectivity index (χ4n) is 1.78. The third-order valence-corrected chi connectivity index (χ3v) is 3.10. The first kappa shape index (κ1) is 20.9. The maximum atomic E-state index is 5.96. The summed E-state index contributed by atoms with van der Waals surface area (Å²) in [4.78, 5) is 12.7. The van der Waals surface area contributed by atoms with Crippen molar-refractivity contribution < 1.29 is 4.74 Å². The summed E-state index contributed by atoms with van der Waals surface area (Å²) in [6.45, 7) is 7.87. The zero-order valence-corrected chi connectivity index (χ0v) is 16.3. The van der Waals surface area contributed by atoms with Gasteiger partial charge in [0.15, 0.2) is 5.96 Å². The Morgan fingerprint density at radius 3 is 2.59 bits per heavy atom. The highest BCUT2D eigenvalue weighted by atomic mass is 127. The number of aliphatic imine (C=N–C) groups is 1. The van der Waals surface area contributed by atoms with Gasteiger partial charge in [-0.25, -0.2) is 9.98 Å². The van der Waals surface area contributed by atoms with Crippen molar-refractivity contribution in [3.8, 4) is 5.88 Å². The van der Waals surface area contributed by atoms with E-state index in [-0.39, 0.29) is 24.0 Å². The van der Waals surface area contributed by atoms with E-state index in [9.17, 15) is 0 Å². The summed E-state index contributed by atoms with van der Waals surface area (Å²) < 4.78 is 5.61. The van der Waals surface area contributed by atoms with Crippen molar-refractivity contribution >= 4 is 29.9 Å². The minimum Gasteiger partial charge on any atom is -0.476 e. The number of guanidine groups is 1. The minimum atomic E-state index is 0. The van der Waals surface area contributed by atoms with E-state index in [2.05, 4.69) is 28.7 Å². The lowest BCUT2D eigenvalue weighted by molar-refractivity contribution is 0.253. The summed E-state index contributed by atoms with van der Waals surface area (Å²) in [6.07, 6.45) is 1.74. The quantitative estimate of drug-likeness (QED) is 0.394. The van der Waals surface area contributed by atoms with Crippen molar-refractivity contribution in [3.05, 3.63) is 23.9 Å². The second-order valence-corrected chi connectivity index (χ2v) is 5.00. The fraction of sp³-hybridized carbons (Fsp3) is 0.600. The maximum absolute atomic E-state index is 5.96. The van der Waals surface area contributed by atoms with Crippen LogP contribution in [0.2, 0.25) is 0 Å². The average Bonchev–Trinajstić information content (AvgIpc) is 2.46. The Labute approximate surface area is 150 Å². The van der Waals surface area contributed by atoms with E-state index >= 15 is 0 Å². The summed E-state index contributed by atoms with van der Waals surface area (Å²) in [6, 6.07) is 3.84. The van der Waals surface area contributed by atoms with E-state index in [4.69, 9.17) is 10.5 Å². The first-order chi connectivity index (χ1) is 10.1. The number of rotatable bonds is 8. The first-order valence-electron chi connectivity index (χ1n) is 7.34. The monoisotopic (exact) mass is 421 g/mol. The molecule has 126 valence electrons. The number of hydrogen-bond donors (Lipinski definition) is 1. The minimum absolute atomic E-state index is 0. The van der Waals surface area contributed by atoms with Crippen LogP contribution in [0.15, 0.2) is 23.3 Å². The standard InChI is InChI=1S/C15H27N5O.HI/c1-5-20(6-2)15(16)18-12-13-7-8-17-14(11-13)21-10-9-19(3)4;/h7-8,11H,5-6,9-10,12H2,1-4H3,(H2,16,18);1H. The predicted octanol–water partition coefficient (Wildman–Crippen LogP) is 1.80. The lowest BCUT2D eigenvalue weighted by Crippen LogP contribution is -2.37. The van der Waals surface area contributed by atoms with Crippen molar-refractivity contribution in [2.75, 3.05) is 40.3 Å². The molecule has 0 aliphatic heterocycles. The Balaban J connectivity index is 0.00000441. The van der Waals surface area contributed by atoms with Gasteiger partial charge in [0.2, 0.25) is 5.88 Å². The smallest absolute Gasteiger partial charge is 0.213 e. The lowest BCUT2D eigenvalue weighted by atomic mass is 10.3. The molecule has 22 heavy (non-hydrogen) atoms. The van der Waals surface area contributed by atoms with Crippen molar-refractivity contribution in [2.24, 2.45) is 10.7 Å². The predicted molar refractivity (Wildman–Crippen MR) is 102 cm³/mol. The molecule has 6 nitrogen and oxygen atoms in total. The van der Waals surface area contributed by atoms with Crippen LogP contribution in [0.4, 0.5) is 0 Å². The molecule has 0 aliphatic rings. The van der Waals surface area contributed by atoms with Crippen molar-refractivity contribution in [3.63, 3.8) is 0 Å². The number of likely N-dealkylation sites (N-methyl/N-ethyl adjacent to an activating group) is 1. The van der Waals surface area contributed by atoms with Crippen molar-refractivity contribution in [2.45, 2.75) is 20.4 Å². The number of hydrogen-bond acceptors (Lipinski definition) is 4. The van der Waals surface area contributed by atoms with Crippen LogP contribution in [0.5, 0.6) is 5.88 Å². The van der Waals surface area contributed by atoms with Crippen LogP contribution in [0.1, 0.15) is 19.4 Å². The van der Waals surface area contributed by atoms with Crippen LogP contribution >= 0.6 is 24.0 Å². The Hall–Kier alpha value is -1.09. The van der Waals surface area contributed by atoms with Crippen molar-refractivity contribution in [1.82, 2.24) is 14.8 Å². The molecule has 0 amide bonds. The molecule has 1 aromatic rings. The number of halogens is 1. The third-order valence-electron chi connectivity index (χ3n) is 3.10. The van der Waals surface area contributed by atoms with Gasteiger partial charge in [0.1, 0.15) is 6.61 Å². The van der Waals surface area contributed by atoms with E-state index in [1.165, 1.54) is 0 Å². The van der Waals surface area contributed by atoms with Crippen LogP contribution in [0, 0.1) is 0 Å². The first-order valence-corrected chi connectivity index (χ1v) is 7.34. The molecule has 1 rings (SSSR count). The van der Waals surface area contributed by atoms with E-state index in [0.717, 1.165) is 25.2 Å². The lowest BCUT2D eigenvalue weighted by Gasteiger charge is -2.19. The fourth-order valence-corrected chi connectivity index (χ4v) is 1.78. The van der Waals surface area contributed by atoms with E-state index in [1.807, 2.05) is 31.1 Å². The molecule has 1 aromatic heterocycles. The SMILES string of the molecule is CCN(CC)C(N)=NCc1ccnc(OCCN(C)C)c1.I. The van der Waals surface area contributed by atoms with Gasteiger partial charge in [-0.1, -0.05) is 0 Å². The third kappa shape index (κ3) is 7.79. The second-order valence-electron chi connectivity index (χ2n) is 5.00. The second kappa shape index (κ2) is 11.5. The number of nitrogens with two attached hydrogens (primary N) is 1. The molecule has 0 aromatic carbocycles. The molecular formula is C15H28IN5O. The van der Waals surface area contributed by atoms with Gasteiger partial charge in [-0.15, -0.1) is 24.0 Å². The molecule has 0 saturated heterocycles. The molecule has 0 fully saturated rings. The summed E-state index contributed by atoms with van der Waals surface area (Å²) in [5.41, 5.74) is 7.00. The molecule has 2 N–H and O–H groups in total. The highest BCUT2D eigenvalue weighted by Gasteiger charge is 2.03. The zero-order chi connectivity index (χ0) is 15.7. The molecule has 0 bridgehead atoms. The van der Waals surface area contributed by atoms with Crippen LogP contribution in [-0.2, 0) is 6.54 Å². The maximum Gasteiger partial charge on any atom is 0.213 e.